The average Bonchev–Trinajstić information content (AvgIpc) is 3.71. The number of carbonyl (C=O) groups is 2. The third kappa shape index (κ3) is 5.69. The van der Waals surface area contributed by atoms with Gasteiger partial charge >= 0.3 is 6.09 Å². The highest BCUT2D eigenvalue weighted by Crippen LogP contribution is 2.43. The lowest BCUT2D eigenvalue weighted by molar-refractivity contribution is -0.136. The molecular formula is C30H32N4O4S. The molecule has 9 heteroatoms. The Bertz CT molecular complexity index is 1330. The fourth-order valence-corrected chi connectivity index (χ4v) is 6.41. The predicted molar refractivity (Wildman–Crippen MR) is 150 cm³/mol. The summed E-state index contributed by atoms with van der Waals surface area (Å²) in [6.07, 6.45) is 5.02. The van der Waals surface area contributed by atoms with Gasteiger partial charge in [-0.1, -0.05) is 66.6 Å². The van der Waals surface area contributed by atoms with Gasteiger partial charge in [0.25, 0.3) is 0 Å². The van der Waals surface area contributed by atoms with Crippen molar-refractivity contribution < 1.29 is 19.1 Å². The quantitative estimate of drug-likeness (QED) is 0.432. The Balaban J connectivity index is 1.39. The normalized spacial score (nSPS) is 21.7. The van der Waals surface area contributed by atoms with E-state index in [0.29, 0.717) is 19.5 Å². The number of thiazole rings is 1. The summed E-state index contributed by atoms with van der Waals surface area (Å²) in [6, 6.07) is 18.2. The maximum Gasteiger partial charge on any atom is 0.410 e. The molecule has 2 N–H and O–H groups in total. The maximum absolute atomic E-state index is 13.6. The Morgan fingerprint density at radius 2 is 1.87 bits per heavy atom. The molecule has 2 fully saturated rings. The highest BCUT2D eigenvalue weighted by atomic mass is 32.1. The van der Waals surface area contributed by atoms with Crippen LogP contribution in [-0.2, 0) is 20.9 Å². The van der Waals surface area contributed by atoms with Gasteiger partial charge in [-0.25, -0.2) is 9.78 Å². The van der Waals surface area contributed by atoms with Crippen molar-refractivity contribution in [3.05, 3.63) is 76.6 Å². The molecule has 0 saturated carbocycles. The molecule has 3 aromatic rings. The number of likely N-dealkylation sites (tertiary alicyclic amines) is 2. The van der Waals surface area contributed by atoms with Crippen molar-refractivity contribution >= 4 is 23.3 Å². The van der Waals surface area contributed by atoms with Crippen LogP contribution >= 0.6 is 11.3 Å². The SMILES string of the molecule is C#CCOC(C)[C@H](N)C(=O)N1CC[C@@H]2[C@H]1[C@@H](c1nc(-c3ccccc3)cs1)CN2C(=O)OCc1ccccc1. The van der Waals surface area contributed by atoms with Crippen molar-refractivity contribution in [3.8, 4) is 23.6 Å². The molecule has 39 heavy (non-hydrogen) atoms. The molecule has 5 atom stereocenters. The topological polar surface area (TPSA) is 98.0 Å². The van der Waals surface area contributed by atoms with E-state index in [0.717, 1.165) is 21.8 Å². The molecule has 0 bridgehead atoms. The number of carbonyl (C=O) groups excluding carboxylic acids is 2. The monoisotopic (exact) mass is 544 g/mol. The molecule has 2 amide bonds. The van der Waals surface area contributed by atoms with E-state index in [4.69, 9.17) is 26.6 Å². The Kier molecular flexibility index (Phi) is 8.27. The smallest absolute Gasteiger partial charge is 0.410 e. The minimum atomic E-state index is -0.868. The second-order valence-electron chi connectivity index (χ2n) is 9.86. The minimum absolute atomic E-state index is 0.0826. The van der Waals surface area contributed by atoms with Gasteiger partial charge in [-0.3, -0.25) is 4.79 Å². The summed E-state index contributed by atoms with van der Waals surface area (Å²) in [6.45, 7) is 2.91. The summed E-state index contributed by atoms with van der Waals surface area (Å²) in [5.74, 6) is 2.04. The lowest BCUT2D eigenvalue weighted by atomic mass is 9.99. The molecular weight excluding hydrogens is 512 g/mol. The zero-order valence-electron chi connectivity index (χ0n) is 21.8. The molecule has 1 aromatic heterocycles. The molecule has 8 nitrogen and oxygen atoms in total. The number of ether oxygens (including phenoxy) is 2. The molecule has 2 aliphatic heterocycles. The summed E-state index contributed by atoms with van der Waals surface area (Å²) in [5, 5.41) is 2.91. The number of amides is 2. The van der Waals surface area contributed by atoms with Crippen molar-refractivity contribution in [2.24, 2.45) is 5.73 Å². The van der Waals surface area contributed by atoms with Crippen LogP contribution in [0.1, 0.15) is 29.8 Å². The number of rotatable bonds is 8. The third-order valence-electron chi connectivity index (χ3n) is 7.48. The lowest BCUT2D eigenvalue weighted by Crippen LogP contribution is -2.53. The van der Waals surface area contributed by atoms with Gasteiger partial charge in [0.2, 0.25) is 5.91 Å². The van der Waals surface area contributed by atoms with E-state index < -0.39 is 12.1 Å². The molecule has 1 unspecified atom stereocenters. The summed E-state index contributed by atoms with van der Waals surface area (Å²) in [7, 11) is 0. The van der Waals surface area contributed by atoms with Gasteiger partial charge < -0.3 is 25.0 Å². The molecule has 2 aliphatic rings. The minimum Gasteiger partial charge on any atom is -0.445 e. The highest BCUT2D eigenvalue weighted by Gasteiger charge is 2.54. The maximum atomic E-state index is 13.6. The van der Waals surface area contributed by atoms with E-state index in [-0.39, 0.29) is 43.2 Å². The van der Waals surface area contributed by atoms with E-state index in [9.17, 15) is 9.59 Å². The molecule has 0 aliphatic carbocycles. The summed E-state index contributed by atoms with van der Waals surface area (Å²) in [4.78, 5) is 35.4. The Morgan fingerprint density at radius 3 is 2.59 bits per heavy atom. The zero-order valence-corrected chi connectivity index (χ0v) is 22.6. The van der Waals surface area contributed by atoms with Crippen LogP contribution in [0.5, 0.6) is 0 Å². The Labute approximate surface area is 232 Å². The van der Waals surface area contributed by atoms with Crippen LogP contribution in [0.4, 0.5) is 4.79 Å². The van der Waals surface area contributed by atoms with Crippen LogP contribution in [-0.4, -0.2) is 70.7 Å². The van der Waals surface area contributed by atoms with Crippen molar-refractivity contribution in [1.82, 2.24) is 14.8 Å². The molecule has 2 aromatic carbocycles. The van der Waals surface area contributed by atoms with Gasteiger partial charge in [0, 0.05) is 24.0 Å². The van der Waals surface area contributed by atoms with E-state index in [2.05, 4.69) is 5.92 Å². The van der Waals surface area contributed by atoms with Gasteiger partial charge in [-0.15, -0.1) is 17.8 Å². The molecule has 3 heterocycles. The number of nitrogens with zero attached hydrogens (tertiary/aromatic N) is 3. The van der Waals surface area contributed by atoms with Crippen molar-refractivity contribution in [2.75, 3.05) is 19.7 Å². The first kappa shape index (κ1) is 26.9. The number of hydrogen-bond acceptors (Lipinski definition) is 7. The van der Waals surface area contributed by atoms with Crippen molar-refractivity contribution in [3.63, 3.8) is 0 Å². The van der Waals surface area contributed by atoms with Crippen molar-refractivity contribution in [2.45, 2.75) is 50.1 Å². The van der Waals surface area contributed by atoms with Crippen LogP contribution in [0.3, 0.4) is 0 Å². The lowest BCUT2D eigenvalue weighted by Gasteiger charge is -2.31. The first-order valence-corrected chi connectivity index (χ1v) is 13.9. The molecule has 0 radical (unpaired) electrons. The fourth-order valence-electron chi connectivity index (χ4n) is 5.45. The van der Waals surface area contributed by atoms with Crippen LogP contribution in [0.25, 0.3) is 11.3 Å². The largest absolute Gasteiger partial charge is 0.445 e. The first-order valence-electron chi connectivity index (χ1n) is 13.1. The second-order valence-corrected chi connectivity index (χ2v) is 10.8. The zero-order chi connectivity index (χ0) is 27.4. The number of nitrogens with two attached hydrogens (primary N) is 1. The third-order valence-corrected chi connectivity index (χ3v) is 8.45. The van der Waals surface area contributed by atoms with Crippen molar-refractivity contribution in [1.29, 1.82) is 0 Å². The first-order chi connectivity index (χ1) is 19.0. The van der Waals surface area contributed by atoms with Gasteiger partial charge in [-0.2, -0.15) is 0 Å². The summed E-state index contributed by atoms with van der Waals surface area (Å²) < 4.78 is 11.2. The summed E-state index contributed by atoms with van der Waals surface area (Å²) >= 11 is 1.55. The van der Waals surface area contributed by atoms with E-state index >= 15 is 0 Å². The number of fused-ring (bicyclic) bond motifs is 1. The molecule has 5 rings (SSSR count). The predicted octanol–water partition coefficient (Wildman–Crippen LogP) is 3.88. The van der Waals surface area contributed by atoms with E-state index in [1.807, 2.05) is 70.9 Å². The fraction of sp³-hybridized carbons (Fsp3) is 0.367. The number of benzene rings is 2. The van der Waals surface area contributed by atoms with Crippen LogP contribution in [0.2, 0.25) is 0 Å². The van der Waals surface area contributed by atoms with Gasteiger partial charge in [0.05, 0.1) is 29.8 Å². The van der Waals surface area contributed by atoms with Crippen LogP contribution in [0, 0.1) is 12.3 Å². The molecule has 202 valence electrons. The Morgan fingerprint density at radius 1 is 1.15 bits per heavy atom. The molecule has 0 spiro atoms. The Hall–Kier alpha value is -3.71. The molecule has 2 saturated heterocycles. The number of hydrogen-bond donors (Lipinski definition) is 1. The van der Waals surface area contributed by atoms with E-state index in [1.165, 1.54) is 0 Å². The average molecular weight is 545 g/mol. The van der Waals surface area contributed by atoms with Gasteiger partial charge in [-0.05, 0) is 18.9 Å². The number of terminal acetylenes is 1. The van der Waals surface area contributed by atoms with E-state index in [1.54, 1.807) is 23.2 Å². The number of aromatic nitrogens is 1. The van der Waals surface area contributed by atoms with Crippen LogP contribution in [0.15, 0.2) is 66.0 Å². The summed E-state index contributed by atoms with van der Waals surface area (Å²) in [5.41, 5.74) is 9.15. The van der Waals surface area contributed by atoms with Crippen LogP contribution < -0.4 is 5.73 Å². The van der Waals surface area contributed by atoms with Gasteiger partial charge in [0.15, 0.2) is 0 Å². The highest BCUT2D eigenvalue weighted by molar-refractivity contribution is 7.10. The second kappa shape index (κ2) is 12.0. The van der Waals surface area contributed by atoms with Gasteiger partial charge in [0.1, 0.15) is 24.3 Å². The standard InChI is InChI=1S/C30H32N4O4S/c1-3-16-37-20(2)26(31)29(35)33-15-14-25-27(33)23(28-32-24(19-39-28)22-12-8-5-9-13-22)17-34(25)30(36)38-18-21-10-6-4-7-11-21/h1,4-13,19-20,23,25-27H,14-18,31H2,2H3/t20?,23-,25+,26-,27+/m0/s1.